The summed E-state index contributed by atoms with van der Waals surface area (Å²) in [4.78, 5) is 2.15. The summed E-state index contributed by atoms with van der Waals surface area (Å²) in [7, 11) is 1.41. The minimum Gasteiger partial charge on any atom is -0.504 e. The molecule has 1 saturated heterocycles. The van der Waals surface area contributed by atoms with Crippen LogP contribution in [0.15, 0.2) is 24.8 Å². The zero-order valence-corrected chi connectivity index (χ0v) is 11.0. The molecule has 19 heavy (non-hydrogen) atoms. The van der Waals surface area contributed by atoms with E-state index in [0.29, 0.717) is 5.56 Å². The predicted molar refractivity (Wildman–Crippen MR) is 72.0 cm³/mol. The Balaban J connectivity index is 2.36. The molecule has 1 heterocycles. The molecule has 1 aliphatic rings. The summed E-state index contributed by atoms with van der Waals surface area (Å²) in [6.45, 7) is 7.20. The van der Waals surface area contributed by atoms with Crippen molar-refractivity contribution < 1.29 is 14.2 Å². The van der Waals surface area contributed by atoms with Crippen LogP contribution in [-0.2, 0) is 0 Å². The monoisotopic (exact) mass is 266 g/mol. The average molecular weight is 266 g/mol. The zero-order valence-electron chi connectivity index (χ0n) is 11.0. The van der Waals surface area contributed by atoms with Crippen LogP contribution in [0.4, 0.5) is 4.39 Å². The minimum atomic E-state index is -0.424. The van der Waals surface area contributed by atoms with Crippen LogP contribution < -0.4 is 10.1 Å². The van der Waals surface area contributed by atoms with Gasteiger partial charge in [0.1, 0.15) is 5.82 Å². The van der Waals surface area contributed by atoms with Gasteiger partial charge in [0.15, 0.2) is 11.5 Å². The number of nitrogens with zero attached hydrogens (tertiary/aromatic N) is 1. The highest BCUT2D eigenvalue weighted by atomic mass is 19.1. The van der Waals surface area contributed by atoms with Crippen molar-refractivity contribution in [2.45, 2.75) is 6.04 Å². The molecule has 1 aromatic carbocycles. The maximum absolute atomic E-state index is 13.6. The third-order valence-electron chi connectivity index (χ3n) is 3.38. The number of halogens is 1. The standard InChI is InChI=1S/C14H19FN2O2/c1-3-12(17-6-4-16-5-7-17)11-8-10(15)9-13(19-2)14(11)18/h3,8-9,12,16,18H,1,4-7H2,2H3/t12-/m1/s1. The number of hydrogen-bond acceptors (Lipinski definition) is 4. The van der Waals surface area contributed by atoms with Gasteiger partial charge >= 0.3 is 0 Å². The van der Waals surface area contributed by atoms with E-state index in [1.54, 1.807) is 6.08 Å². The number of hydrogen-bond donors (Lipinski definition) is 2. The van der Waals surface area contributed by atoms with E-state index in [1.807, 2.05) is 0 Å². The van der Waals surface area contributed by atoms with Crippen LogP contribution >= 0.6 is 0 Å². The average Bonchev–Trinajstić information content (AvgIpc) is 2.44. The van der Waals surface area contributed by atoms with E-state index in [1.165, 1.54) is 19.2 Å². The van der Waals surface area contributed by atoms with E-state index in [9.17, 15) is 9.50 Å². The number of nitrogens with one attached hydrogen (secondary N) is 1. The molecule has 0 aliphatic carbocycles. The Morgan fingerprint density at radius 3 is 2.74 bits per heavy atom. The zero-order chi connectivity index (χ0) is 13.8. The second kappa shape index (κ2) is 6.04. The van der Waals surface area contributed by atoms with Gasteiger partial charge in [-0.2, -0.15) is 0 Å². The normalized spacial score (nSPS) is 18.0. The first-order valence-corrected chi connectivity index (χ1v) is 6.31. The van der Waals surface area contributed by atoms with Crippen molar-refractivity contribution >= 4 is 0 Å². The predicted octanol–water partition coefficient (Wildman–Crippen LogP) is 1.67. The topological polar surface area (TPSA) is 44.7 Å². The van der Waals surface area contributed by atoms with Gasteiger partial charge in [0.25, 0.3) is 0 Å². The number of phenols is 1. The third-order valence-corrected chi connectivity index (χ3v) is 3.38. The number of rotatable bonds is 4. The Morgan fingerprint density at radius 2 is 2.16 bits per heavy atom. The lowest BCUT2D eigenvalue weighted by Crippen LogP contribution is -2.44. The van der Waals surface area contributed by atoms with Crippen LogP contribution in [0.1, 0.15) is 11.6 Å². The number of piperazine rings is 1. The van der Waals surface area contributed by atoms with Crippen LogP contribution in [-0.4, -0.2) is 43.3 Å². The molecule has 1 aromatic rings. The number of ether oxygens (including phenoxy) is 1. The molecular formula is C14H19FN2O2. The SMILES string of the molecule is C=C[C@H](c1cc(F)cc(OC)c1O)N1CCNCC1. The maximum atomic E-state index is 13.6. The Kier molecular flexibility index (Phi) is 4.39. The molecule has 0 unspecified atom stereocenters. The second-order valence-electron chi connectivity index (χ2n) is 4.51. The summed E-state index contributed by atoms with van der Waals surface area (Å²) in [5.41, 5.74) is 0.494. The second-order valence-corrected chi connectivity index (χ2v) is 4.51. The van der Waals surface area contributed by atoms with Crippen molar-refractivity contribution in [3.05, 3.63) is 36.2 Å². The summed E-state index contributed by atoms with van der Waals surface area (Å²) in [5.74, 6) is -0.295. The molecule has 0 amide bonds. The highest BCUT2D eigenvalue weighted by Gasteiger charge is 2.24. The minimum absolute atomic E-state index is 0.0210. The van der Waals surface area contributed by atoms with E-state index < -0.39 is 5.82 Å². The van der Waals surface area contributed by atoms with Crippen LogP contribution in [0, 0.1) is 5.82 Å². The molecule has 104 valence electrons. The van der Waals surface area contributed by atoms with Gasteiger partial charge in [-0.1, -0.05) is 6.08 Å². The fourth-order valence-corrected chi connectivity index (χ4v) is 2.41. The Labute approximate surface area is 112 Å². The molecule has 1 fully saturated rings. The molecule has 2 rings (SSSR count). The van der Waals surface area contributed by atoms with Gasteiger partial charge in [-0.3, -0.25) is 4.90 Å². The number of benzene rings is 1. The largest absolute Gasteiger partial charge is 0.504 e. The number of aromatic hydroxyl groups is 1. The molecule has 0 spiro atoms. The summed E-state index contributed by atoms with van der Waals surface area (Å²) in [5, 5.41) is 13.4. The Bertz CT molecular complexity index is 459. The maximum Gasteiger partial charge on any atom is 0.163 e. The van der Waals surface area contributed by atoms with E-state index in [4.69, 9.17) is 4.74 Å². The lowest BCUT2D eigenvalue weighted by molar-refractivity contribution is 0.200. The molecule has 0 saturated carbocycles. The smallest absolute Gasteiger partial charge is 0.163 e. The van der Waals surface area contributed by atoms with Gasteiger partial charge in [0.05, 0.1) is 13.2 Å². The highest BCUT2D eigenvalue weighted by Crippen LogP contribution is 2.37. The van der Waals surface area contributed by atoms with Crippen LogP contribution in [0.25, 0.3) is 0 Å². The van der Waals surface area contributed by atoms with Gasteiger partial charge in [0, 0.05) is 37.8 Å². The summed E-state index contributed by atoms with van der Waals surface area (Å²) < 4.78 is 18.6. The fourth-order valence-electron chi connectivity index (χ4n) is 2.41. The Hall–Kier alpha value is -1.59. The first-order valence-electron chi connectivity index (χ1n) is 6.31. The highest BCUT2D eigenvalue weighted by molar-refractivity contribution is 5.48. The van der Waals surface area contributed by atoms with Crippen molar-refractivity contribution in [3.8, 4) is 11.5 Å². The molecule has 5 heteroatoms. The molecular weight excluding hydrogens is 247 g/mol. The molecule has 4 nitrogen and oxygen atoms in total. The van der Waals surface area contributed by atoms with Gasteiger partial charge < -0.3 is 15.2 Å². The fraction of sp³-hybridized carbons (Fsp3) is 0.429. The summed E-state index contributed by atoms with van der Waals surface area (Å²) in [6.07, 6.45) is 1.72. The van der Waals surface area contributed by atoms with E-state index in [0.717, 1.165) is 26.2 Å². The van der Waals surface area contributed by atoms with Crippen LogP contribution in [0.5, 0.6) is 11.5 Å². The van der Waals surface area contributed by atoms with Gasteiger partial charge in [-0.25, -0.2) is 4.39 Å². The first-order chi connectivity index (χ1) is 9.17. The van der Waals surface area contributed by atoms with Crippen molar-refractivity contribution in [1.29, 1.82) is 0 Å². The first kappa shape index (κ1) is 13.8. The van der Waals surface area contributed by atoms with Gasteiger partial charge in [-0.05, 0) is 6.07 Å². The van der Waals surface area contributed by atoms with Crippen molar-refractivity contribution in [1.82, 2.24) is 10.2 Å². The summed E-state index contributed by atoms with van der Waals surface area (Å²) >= 11 is 0. The van der Waals surface area contributed by atoms with Crippen molar-refractivity contribution in [3.63, 3.8) is 0 Å². The van der Waals surface area contributed by atoms with Crippen LogP contribution in [0.2, 0.25) is 0 Å². The molecule has 0 bridgehead atoms. The number of methoxy groups -OCH3 is 1. The molecule has 0 radical (unpaired) electrons. The molecule has 1 atom stereocenters. The van der Waals surface area contributed by atoms with E-state index in [2.05, 4.69) is 16.8 Å². The van der Waals surface area contributed by atoms with E-state index in [-0.39, 0.29) is 17.5 Å². The molecule has 0 aromatic heterocycles. The molecule has 1 aliphatic heterocycles. The van der Waals surface area contributed by atoms with Crippen molar-refractivity contribution in [2.24, 2.45) is 0 Å². The summed E-state index contributed by atoms with van der Waals surface area (Å²) in [6, 6.07) is 2.30. The molecule has 2 N–H and O–H groups in total. The lowest BCUT2D eigenvalue weighted by Gasteiger charge is -2.33. The van der Waals surface area contributed by atoms with Gasteiger partial charge in [-0.15, -0.1) is 6.58 Å². The Morgan fingerprint density at radius 1 is 1.47 bits per heavy atom. The van der Waals surface area contributed by atoms with Gasteiger partial charge in [0.2, 0.25) is 0 Å². The quantitative estimate of drug-likeness (QED) is 0.814. The van der Waals surface area contributed by atoms with Crippen LogP contribution in [0.3, 0.4) is 0 Å². The number of phenolic OH excluding ortho intramolecular Hbond substituents is 1. The van der Waals surface area contributed by atoms with E-state index >= 15 is 0 Å². The lowest BCUT2D eigenvalue weighted by atomic mass is 10.0. The third kappa shape index (κ3) is 2.88. The van der Waals surface area contributed by atoms with Crippen molar-refractivity contribution in [2.75, 3.05) is 33.3 Å².